The summed E-state index contributed by atoms with van der Waals surface area (Å²) < 4.78 is 11.6. The van der Waals surface area contributed by atoms with E-state index in [0.29, 0.717) is 6.61 Å². The molecule has 2 heterocycles. The van der Waals surface area contributed by atoms with E-state index in [-0.39, 0.29) is 11.8 Å². The Balaban J connectivity index is 1.21. The molecule has 2 unspecified atom stereocenters. The van der Waals surface area contributed by atoms with Crippen LogP contribution in [0, 0.1) is 12.8 Å². The molecule has 0 radical (unpaired) electrons. The molecule has 36 heavy (non-hydrogen) atoms. The summed E-state index contributed by atoms with van der Waals surface area (Å²) >= 11 is 0. The lowest BCUT2D eigenvalue weighted by molar-refractivity contribution is -0.138. The number of carbonyl (C=O) groups is 1. The lowest BCUT2D eigenvalue weighted by Gasteiger charge is -2.28. The standard InChI is InChI=1S/C29H31N3O4/c1-18-27-24-15-19(17-36-22-9-7-21(8-10-22)23-16-25(23)28(33)34)5-6-20(24)3-2-4-26(27)31-29(30-18)32-11-13-35-14-12-32/h5-10,15,23,25H,2-4,11-14,16-17H2,1H3,(H,33,34). The van der Waals surface area contributed by atoms with Gasteiger partial charge < -0.3 is 19.5 Å². The van der Waals surface area contributed by atoms with Gasteiger partial charge in [-0.15, -0.1) is 0 Å². The molecule has 0 amide bonds. The van der Waals surface area contributed by atoms with Crippen molar-refractivity contribution < 1.29 is 19.4 Å². The molecule has 1 N–H and O–H groups in total. The first kappa shape index (κ1) is 23.0. The Labute approximate surface area is 211 Å². The van der Waals surface area contributed by atoms with Crippen molar-refractivity contribution in [3.8, 4) is 16.9 Å². The molecule has 1 saturated heterocycles. The van der Waals surface area contributed by atoms with Crippen LogP contribution in [0.3, 0.4) is 0 Å². The number of hydrogen-bond donors (Lipinski definition) is 1. The molecule has 3 aromatic rings. The molecule has 2 atom stereocenters. The Morgan fingerprint density at radius 3 is 2.67 bits per heavy atom. The maximum Gasteiger partial charge on any atom is 0.307 e. The summed E-state index contributed by atoms with van der Waals surface area (Å²) in [6.07, 6.45) is 3.78. The van der Waals surface area contributed by atoms with E-state index >= 15 is 0 Å². The van der Waals surface area contributed by atoms with Crippen LogP contribution in [0.4, 0.5) is 5.95 Å². The Kier molecular flexibility index (Phi) is 6.09. The predicted molar refractivity (Wildman–Crippen MR) is 137 cm³/mol. The molecule has 2 fully saturated rings. The molecular weight excluding hydrogens is 454 g/mol. The SMILES string of the molecule is Cc1nc(N2CCOCC2)nc2c1-c1cc(COc3ccc(C4CC4C(=O)O)cc3)ccc1CCC2. The lowest BCUT2D eigenvalue weighted by atomic mass is 9.95. The summed E-state index contributed by atoms with van der Waals surface area (Å²) in [5, 5.41) is 9.16. The minimum atomic E-state index is -0.705. The summed E-state index contributed by atoms with van der Waals surface area (Å²) in [5.74, 6) is 0.799. The second-order valence-corrected chi connectivity index (χ2v) is 10.0. The fraction of sp³-hybridized carbons (Fsp3) is 0.414. The van der Waals surface area contributed by atoms with Gasteiger partial charge in [0.25, 0.3) is 0 Å². The van der Waals surface area contributed by atoms with Gasteiger partial charge in [-0.25, -0.2) is 9.97 Å². The first-order valence-corrected chi connectivity index (χ1v) is 12.8. The lowest BCUT2D eigenvalue weighted by Crippen LogP contribution is -2.37. The van der Waals surface area contributed by atoms with Crippen LogP contribution in [0.5, 0.6) is 5.75 Å². The quantitative estimate of drug-likeness (QED) is 0.549. The Bertz CT molecular complexity index is 1280. The van der Waals surface area contributed by atoms with Crippen molar-refractivity contribution in [1.82, 2.24) is 9.97 Å². The second-order valence-electron chi connectivity index (χ2n) is 10.0. The number of hydrogen-bond acceptors (Lipinski definition) is 6. The van der Waals surface area contributed by atoms with Crippen LogP contribution in [-0.2, 0) is 29.0 Å². The highest BCUT2D eigenvalue weighted by atomic mass is 16.5. The number of ether oxygens (including phenoxy) is 2. The van der Waals surface area contributed by atoms with Crippen LogP contribution in [0.1, 0.15) is 46.8 Å². The number of benzene rings is 2. The smallest absolute Gasteiger partial charge is 0.307 e. The molecule has 6 rings (SSSR count). The topological polar surface area (TPSA) is 84.8 Å². The maximum absolute atomic E-state index is 11.1. The number of carboxylic acids is 1. The summed E-state index contributed by atoms with van der Waals surface area (Å²) in [6.45, 7) is 5.67. The minimum Gasteiger partial charge on any atom is -0.489 e. The predicted octanol–water partition coefficient (Wildman–Crippen LogP) is 4.54. The number of carboxylic acid groups (broad SMARTS) is 1. The van der Waals surface area contributed by atoms with E-state index in [1.807, 2.05) is 24.3 Å². The van der Waals surface area contributed by atoms with E-state index in [9.17, 15) is 4.79 Å². The number of aryl methyl sites for hydroxylation is 3. The highest BCUT2D eigenvalue weighted by molar-refractivity contribution is 5.75. The van der Waals surface area contributed by atoms with E-state index < -0.39 is 5.97 Å². The van der Waals surface area contributed by atoms with Crippen LogP contribution >= 0.6 is 0 Å². The van der Waals surface area contributed by atoms with Crippen molar-refractivity contribution in [3.05, 3.63) is 70.5 Å². The van der Waals surface area contributed by atoms with Crippen LogP contribution in [0.2, 0.25) is 0 Å². The maximum atomic E-state index is 11.1. The van der Waals surface area contributed by atoms with Gasteiger partial charge in [-0.3, -0.25) is 4.79 Å². The zero-order chi connectivity index (χ0) is 24.6. The van der Waals surface area contributed by atoms with E-state index in [4.69, 9.17) is 24.5 Å². The van der Waals surface area contributed by atoms with E-state index in [1.165, 1.54) is 16.7 Å². The van der Waals surface area contributed by atoms with Crippen molar-refractivity contribution in [1.29, 1.82) is 0 Å². The van der Waals surface area contributed by atoms with E-state index in [1.54, 1.807) is 0 Å². The summed E-state index contributed by atoms with van der Waals surface area (Å²) in [5.41, 5.74) is 8.07. The number of anilines is 1. The van der Waals surface area contributed by atoms with Crippen molar-refractivity contribution in [2.45, 2.75) is 45.1 Å². The molecule has 0 bridgehead atoms. The summed E-state index contributed by atoms with van der Waals surface area (Å²) in [4.78, 5) is 23.3. The first-order valence-electron chi connectivity index (χ1n) is 12.8. The van der Waals surface area contributed by atoms with Gasteiger partial charge >= 0.3 is 5.97 Å². The van der Waals surface area contributed by atoms with Crippen LogP contribution in [0.15, 0.2) is 42.5 Å². The Hall–Kier alpha value is -3.45. The van der Waals surface area contributed by atoms with Crippen molar-refractivity contribution in [2.24, 2.45) is 5.92 Å². The molecule has 7 nitrogen and oxygen atoms in total. The second kappa shape index (κ2) is 9.54. The van der Waals surface area contributed by atoms with Crippen LogP contribution in [0.25, 0.3) is 11.1 Å². The van der Waals surface area contributed by atoms with E-state index in [0.717, 1.165) is 86.2 Å². The molecule has 1 saturated carbocycles. The van der Waals surface area contributed by atoms with Crippen LogP contribution in [-0.4, -0.2) is 47.3 Å². The molecule has 0 spiro atoms. The molecule has 186 valence electrons. The molecule has 1 aromatic heterocycles. The Morgan fingerprint density at radius 2 is 1.92 bits per heavy atom. The van der Waals surface area contributed by atoms with Gasteiger partial charge in [0.15, 0.2) is 0 Å². The minimum absolute atomic E-state index is 0.135. The van der Waals surface area contributed by atoms with Crippen molar-refractivity contribution in [2.75, 3.05) is 31.2 Å². The summed E-state index contributed by atoms with van der Waals surface area (Å²) in [6, 6.07) is 14.5. The zero-order valence-corrected chi connectivity index (χ0v) is 20.6. The van der Waals surface area contributed by atoms with Gasteiger partial charge in [0.1, 0.15) is 12.4 Å². The van der Waals surface area contributed by atoms with E-state index in [2.05, 4.69) is 30.0 Å². The van der Waals surface area contributed by atoms with Gasteiger partial charge in [-0.05, 0) is 79.0 Å². The van der Waals surface area contributed by atoms with Crippen molar-refractivity contribution >= 4 is 11.9 Å². The number of nitrogens with zero attached hydrogens (tertiary/aromatic N) is 3. The van der Waals surface area contributed by atoms with Gasteiger partial charge in [0.2, 0.25) is 5.95 Å². The number of fused-ring (bicyclic) bond motifs is 3. The number of morpholine rings is 1. The third-order valence-corrected chi connectivity index (χ3v) is 7.57. The summed E-state index contributed by atoms with van der Waals surface area (Å²) in [7, 11) is 0. The van der Waals surface area contributed by atoms with Crippen molar-refractivity contribution in [3.63, 3.8) is 0 Å². The highest BCUT2D eigenvalue weighted by Crippen LogP contribution is 2.47. The molecule has 7 heteroatoms. The third-order valence-electron chi connectivity index (χ3n) is 7.57. The number of rotatable bonds is 6. The number of aliphatic carboxylic acids is 1. The first-order chi connectivity index (χ1) is 17.6. The van der Waals surface area contributed by atoms with Gasteiger partial charge in [-0.2, -0.15) is 0 Å². The molecule has 2 aromatic carbocycles. The molecule has 3 aliphatic rings. The average Bonchev–Trinajstić information content (AvgIpc) is 3.72. The largest absolute Gasteiger partial charge is 0.489 e. The fourth-order valence-electron chi connectivity index (χ4n) is 5.48. The average molecular weight is 486 g/mol. The van der Waals surface area contributed by atoms with Gasteiger partial charge in [-0.1, -0.05) is 24.3 Å². The molecule has 2 aliphatic carbocycles. The highest BCUT2D eigenvalue weighted by Gasteiger charge is 2.44. The zero-order valence-electron chi connectivity index (χ0n) is 20.6. The van der Waals surface area contributed by atoms with Crippen LogP contribution < -0.4 is 9.64 Å². The molecular formula is C29H31N3O4. The monoisotopic (exact) mass is 485 g/mol. The third kappa shape index (κ3) is 4.55. The fourth-order valence-corrected chi connectivity index (χ4v) is 5.48. The number of aromatic nitrogens is 2. The normalized spacial score (nSPS) is 20.8. The van der Waals surface area contributed by atoms with Gasteiger partial charge in [0, 0.05) is 18.7 Å². The molecule has 1 aliphatic heterocycles. The Morgan fingerprint density at radius 1 is 1.11 bits per heavy atom. The van der Waals surface area contributed by atoms with Gasteiger partial charge in [0.05, 0.1) is 30.5 Å².